The largest absolute Gasteiger partial charge is 0.446 e. The summed E-state index contributed by atoms with van der Waals surface area (Å²) in [4.78, 5) is 25.8. The van der Waals surface area contributed by atoms with Crippen LogP contribution in [0.3, 0.4) is 0 Å². The second-order valence-corrected chi connectivity index (χ2v) is 5.91. The molecule has 9 nitrogen and oxygen atoms in total. The molecule has 0 aliphatic carbocycles. The fourth-order valence-corrected chi connectivity index (χ4v) is 2.74. The van der Waals surface area contributed by atoms with Crippen LogP contribution >= 0.6 is 0 Å². The SMILES string of the molecule is CC(C)OC(=O)N1CCN(CC2COC(C)C2)C1=N[N+](=O)[O-]. The molecule has 0 N–H and O–H groups in total. The van der Waals surface area contributed by atoms with Crippen molar-refractivity contribution in [3.8, 4) is 0 Å². The number of carbonyl (C=O) groups is 1. The highest BCUT2D eigenvalue weighted by Crippen LogP contribution is 2.22. The van der Waals surface area contributed by atoms with E-state index in [9.17, 15) is 14.9 Å². The van der Waals surface area contributed by atoms with Gasteiger partial charge in [-0.25, -0.2) is 19.8 Å². The van der Waals surface area contributed by atoms with Gasteiger partial charge in [-0.2, -0.15) is 0 Å². The van der Waals surface area contributed by atoms with Gasteiger partial charge in [0.1, 0.15) is 5.10 Å². The number of hydrazone groups is 1. The van der Waals surface area contributed by atoms with Gasteiger partial charge >= 0.3 is 6.09 Å². The monoisotopic (exact) mass is 314 g/mol. The van der Waals surface area contributed by atoms with E-state index in [1.54, 1.807) is 18.7 Å². The number of nitrogens with zero attached hydrogens (tertiary/aromatic N) is 4. The highest BCUT2D eigenvalue weighted by Gasteiger charge is 2.37. The van der Waals surface area contributed by atoms with E-state index in [1.807, 2.05) is 6.92 Å². The summed E-state index contributed by atoms with van der Waals surface area (Å²) in [5.41, 5.74) is 0. The van der Waals surface area contributed by atoms with Gasteiger partial charge in [0.05, 0.1) is 25.4 Å². The number of hydrogen-bond acceptors (Lipinski definition) is 5. The molecule has 2 rings (SSSR count). The zero-order valence-electron chi connectivity index (χ0n) is 13.1. The van der Waals surface area contributed by atoms with Crippen LogP contribution in [0.5, 0.6) is 0 Å². The molecule has 2 fully saturated rings. The first-order chi connectivity index (χ1) is 10.4. The average Bonchev–Trinajstić information content (AvgIpc) is 2.96. The molecule has 0 radical (unpaired) electrons. The van der Waals surface area contributed by atoms with Crippen molar-refractivity contribution in [1.82, 2.24) is 9.80 Å². The summed E-state index contributed by atoms with van der Waals surface area (Å²) < 4.78 is 10.6. The summed E-state index contributed by atoms with van der Waals surface area (Å²) in [7, 11) is 0. The number of hydrogen-bond donors (Lipinski definition) is 0. The molecule has 0 saturated carbocycles. The number of carbonyl (C=O) groups excluding carboxylic acids is 1. The van der Waals surface area contributed by atoms with Gasteiger partial charge in [0.25, 0.3) is 5.96 Å². The molecule has 2 atom stereocenters. The van der Waals surface area contributed by atoms with Gasteiger partial charge in [-0.05, 0) is 27.2 Å². The summed E-state index contributed by atoms with van der Waals surface area (Å²) >= 11 is 0. The van der Waals surface area contributed by atoms with Crippen LogP contribution in [0.2, 0.25) is 0 Å². The minimum atomic E-state index is -0.781. The van der Waals surface area contributed by atoms with E-state index in [2.05, 4.69) is 5.10 Å². The molecule has 2 saturated heterocycles. The average molecular weight is 314 g/mol. The Morgan fingerprint density at radius 3 is 2.82 bits per heavy atom. The Hall–Kier alpha value is -1.90. The Morgan fingerprint density at radius 1 is 1.55 bits per heavy atom. The quantitative estimate of drug-likeness (QED) is 0.570. The van der Waals surface area contributed by atoms with Crippen LogP contribution in [0.1, 0.15) is 27.2 Å². The minimum absolute atomic E-state index is 0.0511. The summed E-state index contributed by atoms with van der Waals surface area (Å²) in [5.74, 6) is 0.336. The molecule has 2 aliphatic heterocycles. The normalized spacial score (nSPS) is 27.0. The summed E-state index contributed by atoms with van der Waals surface area (Å²) in [6, 6.07) is 0. The standard InChI is InChI=1S/C13H22N4O5/c1-9(2)22-13(18)16-5-4-15(12(16)14-17(19)20)7-11-6-10(3)21-8-11/h9-11H,4-8H2,1-3H3. The van der Waals surface area contributed by atoms with Crippen molar-refractivity contribution >= 4 is 12.1 Å². The topological polar surface area (TPSA) is 97.5 Å². The van der Waals surface area contributed by atoms with Gasteiger partial charge in [-0.1, -0.05) is 0 Å². The third-order valence-corrected chi connectivity index (χ3v) is 3.61. The van der Waals surface area contributed by atoms with Crippen molar-refractivity contribution in [2.45, 2.75) is 39.4 Å². The molecule has 0 aromatic carbocycles. The molecule has 2 unspecified atom stereocenters. The molecule has 0 aromatic heterocycles. The third-order valence-electron chi connectivity index (χ3n) is 3.61. The van der Waals surface area contributed by atoms with Crippen molar-refractivity contribution < 1.29 is 19.3 Å². The van der Waals surface area contributed by atoms with E-state index >= 15 is 0 Å². The van der Waals surface area contributed by atoms with Crippen LogP contribution in [0, 0.1) is 16.0 Å². The number of amides is 1. The Balaban J connectivity index is 2.07. The molecule has 2 aliphatic rings. The Morgan fingerprint density at radius 2 is 2.27 bits per heavy atom. The lowest BCUT2D eigenvalue weighted by Crippen LogP contribution is -2.41. The number of rotatable bonds is 4. The van der Waals surface area contributed by atoms with E-state index in [0.717, 1.165) is 6.42 Å². The highest BCUT2D eigenvalue weighted by molar-refractivity contribution is 5.95. The molecule has 9 heteroatoms. The van der Waals surface area contributed by atoms with Crippen molar-refractivity contribution in [3.05, 3.63) is 10.1 Å². The van der Waals surface area contributed by atoms with E-state index < -0.39 is 11.1 Å². The smallest absolute Gasteiger partial charge is 0.417 e. The van der Waals surface area contributed by atoms with Crippen LogP contribution < -0.4 is 0 Å². The van der Waals surface area contributed by atoms with E-state index in [-0.39, 0.29) is 24.1 Å². The van der Waals surface area contributed by atoms with Gasteiger partial charge in [-0.3, -0.25) is 0 Å². The molecule has 22 heavy (non-hydrogen) atoms. The van der Waals surface area contributed by atoms with Crippen LogP contribution in [0.4, 0.5) is 4.79 Å². The minimum Gasteiger partial charge on any atom is -0.446 e. The maximum Gasteiger partial charge on any atom is 0.417 e. The molecule has 2 heterocycles. The first kappa shape index (κ1) is 16.5. The second kappa shape index (κ2) is 6.91. The van der Waals surface area contributed by atoms with Crippen LogP contribution in [-0.4, -0.2) is 65.3 Å². The van der Waals surface area contributed by atoms with Crippen LogP contribution in [0.15, 0.2) is 5.10 Å². The van der Waals surface area contributed by atoms with Crippen molar-refractivity contribution in [1.29, 1.82) is 0 Å². The lowest BCUT2D eigenvalue weighted by molar-refractivity contribution is -0.486. The summed E-state index contributed by atoms with van der Waals surface area (Å²) in [6.07, 6.45) is 0.209. The Bertz CT molecular complexity index is 467. The predicted molar refractivity (Wildman–Crippen MR) is 77.8 cm³/mol. The van der Waals surface area contributed by atoms with E-state index in [4.69, 9.17) is 9.47 Å². The first-order valence-corrected chi connectivity index (χ1v) is 7.44. The molecule has 0 aromatic rings. The summed E-state index contributed by atoms with van der Waals surface area (Å²) in [5, 5.41) is 13.4. The van der Waals surface area contributed by atoms with Crippen LogP contribution in [0.25, 0.3) is 0 Å². The number of nitro groups is 1. The van der Waals surface area contributed by atoms with Crippen molar-refractivity contribution in [2.24, 2.45) is 11.0 Å². The molecular formula is C13H22N4O5. The fourth-order valence-electron chi connectivity index (χ4n) is 2.74. The lowest BCUT2D eigenvalue weighted by atomic mass is 10.1. The van der Waals surface area contributed by atoms with E-state index in [1.165, 1.54) is 4.90 Å². The second-order valence-electron chi connectivity index (χ2n) is 5.91. The van der Waals surface area contributed by atoms with E-state index in [0.29, 0.717) is 26.2 Å². The third kappa shape index (κ3) is 4.06. The molecule has 1 amide bonds. The van der Waals surface area contributed by atoms with Gasteiger partial charge in [0.15, 0.2) is 5.03 Å². The van der Waals surface area contributed by atoms with Gasteiger partial charge < -0.3 is 14.4 Å². The van der Waals surface area contributed by atoms with Gasteiger partial charge in [0, 0.05) is 19.0 Å². The summed E-state index contributed by atoms with van der Waals surface area (Å²) in [6.45, 7) is 7.51. The zero-order valence-corrected chi connectivity index (χ0v) is 13.1. The van der Waals surface area contributed by atoms with Crippen molar-refractivity contribution in [2.75, 3.05) is 26.2 Å². The molecule has 0 spiro atoms. The van der Waals surface area contributed by atoms with Crippen LogP contribution in [-0.2, 0) is 9.47 Å². The fraction of sp³-hybridized carbons (Fsp3) is 0.846. The van der Waals surface area contributed by atoms with Gasteiger partial charge in [-0.15, -0.1) is 0 Å². The molecule has 0 bridgehead atoms. The maximum absolute atomic E-state index is 12.0. The van der Waals surface area contributed by atoms with Crippen molar-refractivity contribution in [3.63, 3.8) is 0 Å². The predicted octanol–water partition coefficient (Wildman–Crippen LogP) is 1.12. The number of guanidine groups is 1. The molecule has 124 valence electrons. The highest BCUT2D eigenvalue weighted by atomic mass is 16.7. The van der Waals surface area contributed by atoms with Gasteiger partial charge in [0.2, 0.25) is 0 Å². The molecular weight excluding hydrogens is 292 g/mol. The zero-order chi connectivity index (χ0) is 16.3. The maximum atomic E-state index is 12.0. The lowest BCUT2D eigenvalue weighted by Gasteiger charge is -2.22. The first-order valence-electron chi connectivity index (χ1n) is 7.44. The Kier molecular flexibility index (Phi) is 5.17. The number of ether oxygens (including phenoxy) is 2. The Labute approximate surface area is 129 Å².